The summed E-state index contributed by atoms with van der Waals surface area (Å²) in [6.45, 7) is 1.63. The van der Waals surface area contributed by atoms with Crippen molar-refractivity contribution >= 4 is 23.2 Å². The van der Waals surface area contributed by atoms with E-state index in [1.807, 2.05) is 6.92 Å². The lowest BCUT2D eigenvalue weighted by Gasteiger charge is -2.09. The van der Waals surface area contributed by atoms with Crippen molar-refractivity contribution in [2.45, 2.75) is 13.5 Å². The lowest BCUT2D eigenvalue weighted by atomic mass is 10.2. The van der Waals surface area contributed by atoms with Crippen LogP contribution in [0.5, 0.6) is 0 Å². The van der Waals surface area contributed by atoms with E-state index in [-0.39, 0.29) is 12.5 Å². The fourth-order valence-electron chi connectivity index (χ4n) is 1.68. The number of amides is 1. The van der Waals surface area contributed by atoms with Crippen molar-refractivity contribution in [3.8, 4) is 0 Å². The van der Waals surface area contributed by atoms with Crippen LogP contribution in [0.3, 0.4) is 0 Å². The first-order valence-corrected chi connectivity index (χ1v) is 6.19. The number of benzene rings is 1. The molecule has 1 aromatic carbocycles. The number of carbonyl (C=O) groups is 1. The monoisotopic (exact) mass is 293 g/mol. The van der Waals surface area contributed by atoms with E-state index in [1.165, 1.54) is 12.3 Å². The van der Waals surface area contributed by atoms with Crippen LogP contribution < -0.4 is 16.6 Å². The summed E-state index contributed by atoms with van der Waals surface area (Å²) in [6, 6.07) is 6.26. The molecular formula is C13H12ClN3O3. The van der Waals surface area contributed by atoms with E-state index in [0.717, 1.165) is 10.1 Å². The Balaban J connectivity index is 2.13. The van der Waals surface area contributed by atoms with E-state index < -0.39 is 11.2 Å². The fraction of sp³-hybridized carbons (Fsp3) is 0.154. The van der Waals surface area contributed by atoms with Gasteiger partial charge in [-0.25, -0.2) is 4.79 Å². The van der Waals surface area contributed by atoms with E-state index in [0.29, 0.717) is 10.7 Å². The number of aryl methyl sites for hydroxylation is 1. The van der Waals surface area contributed by atoms with Gasteiger partial charge in [0, 0.05) is 23.0 Å². The van der Waals surface area contributed by atoms with Crippen LogP contribution in [0.1, 0.15) is 5.56 Å². The van der Waals surface area contributed by atoms with E-state index >= 15 is 0 Å². The van der Waals surface area contributed by atoms with Crippen LogP contribution in [-0.2, 0) is 11.3 Å². The third-order valence-corrected chi connectivity index (χ3v) is 2.91. The molecule has 0 spiro atoms. The van der Waals surface area contributed by atoms with Crippen LogP contribution in [0.25, 0.3) is 0 Å². The molecule has 0 aliphatic heterocycles. The Kier molecular flexibility index (Phi) is 4.05. The summed E-state index contributed by atoms with van der Waals surface area (Å²) >= 11 is 5.83. The van der Waals surface area contributed by atoms with Crippen molar-refractivity contribution in [3.63, 3.8) is 0 Å². The zero-order valence-corrected chi connectivity index (χ0v) is 11.4. The number of aromatic amines is 1. The molecule has 7 heteroatoms. The molecule has 0 aliphatic rings. The zero-order valence-electron chi connectivity index (χ0n) is 10.6. The van der Waals surface area contributed by atoms with E-state index in [4.69, 9.17) is 11.6 Å². The van der Waals surface area contributed by atoms with Gasteiger partial charge in [-0.2, -0.15) is 0 Å². The summed E-state index contributed by atoms with van der Waals surface area (Å²) in [5, 5.41) is 3.26. The van der Waals surface area contributed by atoms with Crippen molar-refractivity contribution in [3.05, 3.63) is 61.9 Å². The molecule has 0 radical (unpaired) electrons. The molecule has 0 unspecified atom stereocenters. The molecule has 0 aliphatic carbocycles. The van der Waals surface area contributed by atoms with Crippen LogP contribution in [0.4, 0.5) is 5.69 Å². The van der Waals surface area contributed by atoms with Gasteiger partial charge in [0.15, 0.2) is 0 Å². The number of H-pyrrole nitrogens is 1. The Hall–Kier alpha value is -2.34. The minimum Gasteiger partial charge on any atom is -0.324 e. The number of carbonyl (C=O) groups excluding carboxylic acids is 1. The van der Waals surface area contributed by atoms with Crippen molar-refractivity contribution in [1.82, 2.24) is 9.55 Å². The SMILES string of the molecule is Cc1cc(Cl)ccc1NC(=O)Cn1ccc(=O)[nH]c1=O. The lowest BCUT2D eigenvalue weighted by Crippen LogP contribution is -2.32. The summed E-state index contributed by atoms with van der Waals surface area (Å²) in [5.41, 5.74) is 0.317. The Morgan fingerprint density at radius 2 is 2.10 bits per heavy atom. The standard InChI is InChI=1S/C13H12ClN3O3/c1-8-6-9(14)2-3-10(8)15-12(19)7-17-5-4-11(18)16-13(17)20/h2-6H,7H2,1H3,(H,15,19)(H,16,18,20). The predicted octanol–water partition coefficient (Wildman–Crippen LogP) is 1.14. The Bertz CT molecular complexity index is 764. The molecule has 0 saturated heterocycles. The van der Waals surface area contributed by atoms with Gasteiger partial charge in [-0.05, 0) is 30.7 Å². The van der Waals surface area contributed by atoms with Gasteiger partial charge in [0.2, 0.25) is 5.91 Å². The Morgan fingerprint density at radius 1 is 1.35 bits per heavy atom. The second-order valence-corrected chi connectivity index (χ2v) is 4.68. The summed E-state index contributed by atoms with van der Waals surface area (Å²) in [5.74, 6) is -0.371. The summed E-state index contributed by atoms with van der Waals surface area (Å²) in [4.78, 5) is 36.3. The summed E-state index contributed by atoms with van der Waals surface area (Å²) < 4.78 is 1.11. The zero-order chi connectivity index (χ0) is 14.7. The maximum Gasteiger partial charge on any atom is 0.328 e. The van der Waals surface area contributed by atoms with Gasteiger partial charge >= 0.3 is 5.69 Å². The van der Waals surface area contributed by atoms with Gasteiger partial charge in [0.05, 0.1) is 0 Å². The highest BCUT2D eigenvalue weighted by Gasteiger charge is 2.07. The predicted molar refractivity (Wildman–Crippen MR) is 76.1 cm³/mol. The number of hydrogen-bond acceptors (Lipinski definition) is 3. The molecule has 0 fully saturated rings. The highest BCUT2D eigenvalue weighted by molar-refractivity contribution is 6.30. The van der Waals surface area contributed by atoms with Gasteiger partial charge in [0.25, 0.3) is 5.56 Å². The number of nitrogens with one attached hydrogen (secondary N) is 2. The highest BCUT2D eigenvalue weighted by Crippen LogP contribution is 2.19. The number of aromatic nitrogens is 2. The lowest BCUT2D eigenvalue weighted by molar-refractivity contribution is -0.116. The van der Waals surface area contributed by atoms with E-state index in [2.05, 4.69) is 10.3 Å². The molecule has 2 N–H and O–H groups in total. The van der Waals surface area contributed by atoms with Crippen molar-refractivity contribution < 1.29 is 4.79 Å². The van der Waals surface area contributed by atoms with Crippen molar-refractivity contribution in [2.24, 2.45) is 0 Å². The van der Waals surface area contributed by atoms with Crippen molar-refractivity contribution in [1.29, 1.82) is 0 Å². The smallest absolute Gasteiger partial charge is 0.324 e. The van der Waals surface area contributed by atoms with Crippen LogP contribution in [0.2, 0.25) is 5.02 Å². The van der Waals surface area contributed by atoms with Gasteiger partial charge in [-0.1, -0.05) is 11.6 Å². The highest BCUT2D eigenvalue weighted by atomic mass is 35.5. The van der Waals surface area contributed by atoms with Crippen LogP contribution in [0, 0.1) is 6.92 Å². The molecule has 0 atom stereocenters. The quantitative estimate of drug-likeness (QED) is 0.890. The fourth-order valence-corrected chi connectivity index (χ4v) is 1.91. The van der Waals surface area contributed by atoms with Gasteiger partial charge in [0.1, 0.15) is 6.54 Å². The molecule has 20 heavy (non-hydrogen) atoms. The second-order valence-electron chi connectivity index (χ2n) is 4.25. The third-order valence-electron chi connectivity index (χ3n) is 2.67. The van der Waals surface area contributed by atoms with Crippen LogP contribution in [0.15, 0.2) is 40.1 Å². The normalized spacial score (nSPS) is 10.3. The van der Waals surface area contributed by atoms with E-state index in [9.17, 15) is 14.4 Å². The molecule has 0 bridgehead atoms. The average Bonchev–Trinajstić information content (AvgIpc) is 2.36. The maximum absolute atomic E-state index is 11.9. The first-order valence-electron chi connectivity index (χ1n) is 5.81. The van der Waals surface area contributed by atoms with Gasteiger partial charge in [-0.15, -0.1) is 0 Å². The van der Waals surface area contributed by atoms with Crippen molar-refractivity contribution in [2.75, 3.05) is 5.32 Å². The van der Waals surface area contributed by atoms with Crippen LogP contribution >= 0.6 is 11.6 Å². The molecule has 6 nitrogen and oxygen atoms in total. The van der Waals surface area contributed by atoms with Gasteiger partial charge < -0.3 is 5.32 Å². The number of hydrogen-bond donors (Lipinski definition) is 2. The first-order chi connectivity index (χ1) is 9.45. The first kappa shape index (κ1) is 14.1. The molecular weight excluding hydrogens is 282 g/mol. The summed E-state index contributed by atoms with van der Waals surface area (Å²) in [6.07, 6.45) is 1.27. The van der Waals surface area contributed by atoms with E-state index in [1.54, 1.807) is 18.2 Å². The molecule has 1 aromatic heterocycles. The number of rotatable bonds is 3. The summed E-state index contributed by atoms with van der Waals surface area (Å²) in [7, 11) is 0. The molecule has 1 amide bonds. The average molecular weight is 294 g/mol. The molecule has 2 aromatic rings. The molecule has 104 valence electrons. The van der Waals surface area contributed by atoms with Crippen LogP contribution in [-0.4, -0.2) is 15.5 Å². The minimum atomic E-state index is -0.625. The Morgan fingerprint density at radius 3 is 2.75 bits per heavy atom. The maximum atomic E-state index is 11.9. The minimum absolute atomic E-state index is 0.183. The largest absolute Gasteiger partial charge is 0.328 e. The molecule has 1 heterocycles. The third kappa shape index (κ3) is 3.36. The number of anilines is 1. The topological polar surface area (TPSA) is 84.0 Å². The molecule has 2 rings (SSSR count). The number of halogens is 1. The molecule has 0 saturated carbocycles. The van der Waals surface area contributed by atoms with Gasteiger partial charge in [-0.3, -0.25) is 19.1 Å². The Labute approximate surface area is 119 Å². The number of nitrogens with zero attached hydrogens (tertiary/aromatic N) is 1. The second kappa shape index (κ2) is 5.75.